The molecule has 1 saturated heterocycles. The Bertz CT molecular complexity index is 481. The lowest BCUT2D eigenvalue weighted by Crippen LogP contribution is -2.33. The minimum absolute atomic E-state index is 0.107. The maximum atomic E-state index is 11.9. The molecule has 1 aliphatic heterocycles. The third-order valence-electron chi connectivity index (χ3n) is 4.77. The van der Waals surface area contributed by atoms with E-state index in [1.54, 1.807) is 0 Å². The lowest BCUT2D eigenvalue weighted by atomic mass is 10.1. The molecule has 0 atom stereocenters. The molecule has 0 bridgehead atoms. The Morgan fingerprint density at radius 2 is 1.76 bits per heavy atom. The molecule has 0 aliphatic carbocycles. The largest absolute Gasteiger partial charge is 0.492 e. The van der Waals surface area contributed by atoms with Gasteiger partial charge in [0.05, 0.1) is 0 Å². The summed E-state index contributed by atoms with van der Waals surface area (Å²) in [5.74, 6) is 0.977. The third kappa shape index (κ3) is 8.39. The SMILES string of the molecule is CCCCCCCC(=O)Nc1ccc(OCCN2CCCCC2)cc1. The molecule has 1 N–H and O–H groups in total. The van der Waals surface area contributed by atoms with E-state index in [2.05, 4.69) is 17.1 Å². The first-order valence-electron chi connectivity index (χ1n) is 10.0. The van der Waals surface area contributed by atoms with Crippen molar-refractivity contribution >= 4 is 11.6 Å². The van der Waals surface area contributed by atoms with Crippen LogP contribution in [0.25, 0.3) is 0 Å². The lowest BCUT2D eigenvalue weighted by molar-refractivity contribution is -0.116. The fourth-order valence-electron chi connectivity index (χ4n) is 3.22. The van der Waals surface area contributed by atoms with Gasteiger partial charge in [-0.25, -0.2) is 0 Å². The molecular weight excluding hydrogens is 312 g/mol. The number of carbonyl (C=O) groups excluding carboxylic acids is 1. The normalized spacial score (nSPS) is 15.1. The van der Waals surface area contributed by atoms with E-state index in [9.17, 15) is 4.79 Å². The summed E-state index contributed by atoms with van der Waals surface area (Å²) in [5, 5.41) is 2.97. The Hall–Kier alpha value is -1.55. The minimum Gasteiger partial charge on any atom is -0.492 e. The van der Waals surface area contributed by atoms with E-state index in [-0.39, 0.29) is 5.91 Å². The quantitative estimate of drug-likeness (QED) is 0.582. The number of ether oxygens (including phenoxy) is 1. The highest BCUT2D eigenvalue weighted by atomic mass is 16.5. The number of amides is 1. The molecule has 4 nitrogen and oxygen atoms in total. The Kier molecular flexibility index (Phi) is 9.42. The summed E-state index contributed by atoms with van der Waals surface area (Å²) < 4.78 is 5.82. The van der Waals surface area contributed by atoms with Crippen LogP contribution in [-0.2, 0) is 4.79 Å². The van der Waals surface area contributed by atoms with E-state index in [4.69, 9.17) is 4.74 Å². The van der Waals surface area contributed by atoms with Crippen molar-refractivity contribution in [3.8, 4) is 5.75 Å². The predicted octanol–water partition coefficient (Wildman–Crippen LogP) is 4.85. The van der Waals surface area contributed by atoms with Gasteiger partial charge in [0.25, 0.3) is 0 Å². The lowest BCUT2D eigenvalue weighted by Gasteiger charge is -2.26. The van der Waals surface area contributed by atoms with Gasteiger partial charge in [-0.15, -0.1) is 0 Å². The molecule has 25 heavy (non-hydrogen) atoms. The second-order valence-electron chi connectivity index (χ2n) is 6.99. The summed E-state index contributed by atoms with van der Waals surface area (Å²) in [7, 11) is 0. The first-order chi connectivity index (χ1) is 12.3. The van der Waals surface area contributed by atoms with Gasteiger partial charge >= 0.3 is 0 Å². The highest BCUT2D eigenvalue weighted by Gasteiger charge is 2.09. The van der Waals surface area contributed by atoms with Gasteiger partial charge in [0, 0.05) is 18.7 Å². The van der Waals surface area contributed by atoms with Crippen LogP contribution in [0.15, 0.2) is 24.3 Å². The zero-order valence-corrected chi connectivity index (χ0v) is 15.8. The molecule has 0 radical (unpaired) electrons. The molecule has 140 valence electrons. The van der Waals surface area contributed by atoms with Crippen LogP contribution >= 0.6 is 0 Å². The van der Waals surface area contributed by atoms with E-state index in [0.717, 1.165) is 37.4 Å². The number of anilines is 1. The van der Waals surface area contributed by atoms with Crippen molar-refractivity contribution in [3.05, 3.63) is 24.3 Å². The Balaban J connectivity index is 1.61. The van der Waals surface area contributed by atoms with Crippen LogP contribution in [0.1, 0.15) is 64.7 Å². The Morgan fingerprint density at radius 3 is 2.48 bits per heavy atom. The molecule has 1 aliphatic rings. The molecular formula is C21H34N2O2. The van der Waals surface area contributed by atoms with Crippen LogP contribution in [0.2, 0.25) is 0 Å². The molecule has 1 amide bonds. The van der Waals surface area contributed by atoms with Crippen LogP contribution in [0.3, 0.4) is 0 Å². The van der Waals surface area contributed by atoms with Gasteiger partial charge in [-0.05, 0) is 56.6 Å². The minimum atomic E-state index is 0.107. The van der Waals surface area contributed by atoms with E-state index in [1.807, 2.05) is 24.3 Å². The molecule has 4 heteroatoms. The zero-order chi connectivity index (χ0) is 17.7. The first-order valence-corrected chi connectivity index (χ1v) is 10.0. The molecule has 1 aromatic carbocycles. The van der Waals surface area contributed by atoms with Gasteiger partial charge in [-0.3, -0.25) is 9.69 Å². The first kappa shape index (κ1) is 19.8. The zero-order valence-electron chi connectivity index (χ0n) is 15.8. The second kappa shape index (κ2) is 11.9. The summed E-state index contributed by atoms with van der Waals surface area (Å²) in [4.78, 5) is 14.4. The number of unbranched alkanes of at least 4 members (excludes halogenated alkanes) is 4. The van der Waals surface area contributed by atoms with Crippen molar-refractivity contribution in [2.75, 3.05) is 31.6 Å². The van der Waals surface area contributed by atoms with Crippen molar-refractivity contribution in [3.63, 3.8) is 0 Å². The second-order valence-corrected chi connectivity index (χ2v) is 6.99. The van der Waals surface area contributed by atoms with Gasteiger partial charge in [0.1, 0.15) is 12.4 Å². The van der Waals surface area contributed by atoms with Crippen LogP contribution in [0.5, 0.6) is 5.75 Å². The van der Waals surface area contributed by atoms with Gasteiger partial charge < -0.3 is 10.1 Å². The van der Waals surface area contributed by atoms with Crippen molar-refractivity contribution in [1.82, 2.24) is 4.90 Å². The number of nitrogens with one attached hydrogen (secondary N) is 1. The van der Waals surface area contributed by atoms with Crippen LogP contribution in [-0.4, -0.2) is 37.0 Å². The van der Waals surface area contributed by atoms with Crippen molar-refractivity contribution in [1.29, 1.82) is 0 Å². The Morgan fingerprint density at radius 1 is 1.04 bits per heavy atom. The number of carbonyl (C=O) groups is 1. The summed E-state index contributed by atoms with van der Waals surface area (Å²) in [6, 6.07) is 7.72. The highest BCUT2D eigenvalue weighted by molar-refractivity contribution is 5.90. The molecule has 0 saturated carbocycles. The maximum absolute atomic E-state index is 11.9. The van der Waals surface area contributed by atoms with Gasteiger partial charge in [-0.2, -0.15) is 0 Å². The number of piperidine rings is 1. The van der Waals surface area contributed by atoms with Crippen molar-refractivity contribution in [2.24, 2.45) is 0 Å². The van der Waals surface area contributed by atoms with E-state index in [1.165, 1.54) is 51.6 Å². The van der Waals surface area contributed by atoms with Gasteiger partial charge in [0.2, 0.25) is 5.91 Å². The summed E-state index contributed by atoms with van der Waals surface area (Å²) in [6.07, 6.45) is 10.4. The van der Waals surface area contributed by atoms with E-state index in [0.29, 0.717) is 6.42 Å². The number of likely N-dealkylation sites (tertiary alicyclic amines) is 1. The summed E-state index contributed by atoms with van der Waals surface area (Å²) in [6.45, 7) is 6.33. The van der Waals surface area contributed by atoms with E-state index < -0.39 is 0 Å². The van der Waals surface area contributed by atoms with Crippen LogP contribution < -0.4 is 10.1 Å². The smallest absolute Gasteiger partial charge is 0.224 e. The molecule has 1 aromatic rings. The Labute approximate surface area is 152 Å². The highest BCUT2D eigenvalue weighted by Crippen LogP contribution is 2.17. The van der Waals surface area contributed by atoms with E-state index >= 15 is 0 Å². The molecule has 0 unspecified atom stereocenters. The molecule has 1 heterocycles. The molecule has 1 fully saturated rings. The average molecular weight is 347 g/mol. The average Bonchev–Trinajstić information content (AvgIpc) is 2.64. The molecule has 0 aromatic heterocycles. The molecule has 2 rings (SSSR count). The number of hydrogen-bond acceptors (Lipinski definition) is 3. The van der Waals surface area contributed by atoms with Gasteiger partial charge in [-0.1, -0.05) is 39.0 Å². The predicted molar refractivity (Wildman–Crippen MR) is 104 cm³/mol. The third-order valence-corrected chi connectivity index (χ3v) is 4.77. The standard InChI is InChI=1S/C21H34N2O2/c1-2-3-4-5-7-10-21(24)22-19-11-13-20(14-12-19)25-18-17-23-15-8-6-9-16-23/h11-14H,2-10,15-18H2,1H3,(H,22,24). The van der Waals surface area contributed by atoms with Crippen molar-refractivity contribution in [2.45, 2.75) is 64.7 Å². The summed E-state index contributed by atoms with van der Waals surface area (Å²) >= 11 is 0. The monoisotopic (exact) mass is 346 g/mol. The van der Waals surface area contributed by atoms with Crippen LogP contribution in [0.4, 0.5) is 5.69 Å². The fourth-order valence-corrected chi connectivity index (χ4v) is 3.22. The number of benzene rings is 1. The fraction of sp³-hybridized carbons (Fsp3) is 0.667. The number of nitrogens with zero attached hydrogens (tertiary/aromatic N) is 1. The van der Waals surface area contributed by atoms with Crippen molar-refractivity contribution < 1.29 is 9.53 Å². The van der Waals surface area contributed by atoms with Crippen LogP contribution in [0, 0.1) is 0 Å². The summed E-state index contributed by atoms with van der Waals surface area (Å²) in [5.41, 5.74) is 0.849. The number of rotatable bonds is 11. The maximum Gasteiger partial charge on any atom is 0.224 e. The van der Waals surface area contributed by atoms with Gasteiger partial charge in [0.15, 0.2) is 0 Å². The number of hydrogen-bond donors (Lipinski definition) is 1. The molecule has 0 spiro atoms. The topological polar surface area (TPSA) is 41.6 Å².